The SMILES string of the molecule is COc1ccc(S(=O)(=O)NCCc2cnc(-c3ccccc3)nc2)c(C)c1. The molecule has 0 bridgehead atoms. The van der Waals surface area contributed by atoms with Crippen LogP contribution in [-0.2, 0) is 16.4 Å². The number of methoxy groups -OCH3 is 1. The molecule has 0 spiro atoms. The minimum atomic E-state index is -3.58. The first-order valence-corrected chi connectivity index (χ1v) is 9.98. The van der Waals surface area contributed by atoms with Gasteiger partial charge in [-0.15, -0.1) is 0 Å². The largest absolute Gasteiger partial charge is 0.497 e. The van der Waals surface area contributed by atoms with Gasteiger partial charge in [-0.05, 0) is 42.7 Å². The van der Waals surface area contributed by atoms with E-state index >= 15 is 0 Å². The Morgan fingerprint density at radius 1 is 1.04 bits per heavy atom. The van der Waals surface area contributed by atoms with Crippen molar-refractivity contribution in [2.45, 2.75) is 18.2 Å². The average Bonchev–Trinajstić information content (AvgIpc) is 2.68. The lowest BCUT2D eigenvalue weighted by atomic mass is 10.2. The summed E-state index contributed by atoms with van der Waals surface area (Å²) in [4.78, 5) is 8.96. The molecule has 1 heterocycles. The van der Waals surface area contributed by atoms with Gasteiger partial charge < -0.3 is 4.74 Å². The Kier molecular flexibility index (Phi) is 5.83. The fourth-order valence-corrected chi connectivity index (χ4v) is 3.93. The van der Waals surface area contributed by atoms with Crippen molar-refractivity contribution in [3.8, 4) is 17.1 Å². The van der Waals surface area contributed by atoms with E-state index in [1.54, 1.807) is 44.6 Å². The molecule has 27 heavy (non-hydrogen) atoms. The second-order valence-electron chi connectivity index (χ2n) is 6.06. The molecule has 0 aliphatic heterocycles. The number of ether oxygens (including phenoxy) is 1. The van der Waals surface area contributed by atoms with Gasteiger partial charge >= 0.3 is 0 Å². The first kappa shape index (κ1) is 19.0. The highest BCUT2D eigenvalue weighted by Gasteiger charge is 2.16. The van der Waals surface area contributed by atoms with Crippen LogP contribution in [0.25, 0.3) is 11.4 Å². The Balaban J connectivity index is 1.62. The molecular weight excluding hydrogens is 362 g/mol. The van der Waals surface area contributed by atoms with Crippen LogP contribution in [0.4, 0.5) is 0 Å². The van der Waals surface area contributed by atoms with Crippen molar-refractivity contribution < 1.29 is 13.2 Å². The maximum absolute atomic E-state index is 12.5. The summed E-state index contributed by atoms with van der Waals surface area (Å²) in [5.74, 6) is 1.27. The Morgan fingerprint density at radius 2 is 1.74 bits per heavy atom. The van der Waals surface area contributed by atoms with E-state index in [2.05, 4.69) is 14.7 Å². The van der Waals surface area contributed by atoms with Crippen molar-refractivity contribution in [3.63, 3.8) is 0 Å². The number of rotatable bonds is 7. The molecule has 0 saturated heterocycles. The van der Waals surface area contributed by atoms with Crippen LogP contribution in [0, 0.1) is 6.92 Å². The summed E-state index contributed by atoms with van der Waals surface area (Å²) in [6.45, 7) is 2.01. The average molecular weight is 383 g/mol. The predicted octanol–water partition coefficient (Wildman–Crippen LogP) is 2.98. The highest BCUT2D eigenvalue weighted by molar-refractivity contribution is 7.89. The summed E-state index contributed by atoms with van der Waals surface area (Å²) < 4.78 is 32.7. The second kappa shape index (κ2) is 8.28. The number of nitrogens with one attached hydrogen (secondary N) is 1. The van der Waals surface area contributed by atoms with Gasteiger partial charge in [-0.3, -0.25) is 0 Å². The van der Waals surface area contributed by atoms with Crippen LogP contribution >= 0.6 is 0 Å². The van der Waals surface area contributed by atoms with Gasteiger partial charge in [0.1, 0.15) is 5.75 Å². The first-order valence-electron chi connectivity index (χ1n) is 8.50. The summed E-state index contributed by atoms with van der Waals surface area (Å²) in [6, 6.07) is 14.6. The molecule has 0 aliphatic carbocycles. The van der Waals surface area contributed by atoms with Gasteiger partial charge in [-0.1, -0.05) is 30.3 Å². The maximum atomic E-state index is 12.5. The molecule has 2 aromatic carbocycles. The predicted molar refractivity (Wildman–Crippen MR) is 104 cm³/mol. The number of hydrogen-bond acceptors (Lipinski definition) is 5. The van der Waals surface area contributed by atoms with E-state index in [0.717, 1.165) is 11.1 Å². The standard InChI is InChI=1S/C20H21N3O3S/c1-15-12-18(26-2)8-9-19(15)27(24,25)23-11-10-16-13-21-20(22-14-16)17-6-4-3-5-7-17/h3-9,12-14,23H,10-11H2,1-2H3. The van der Waals surface area contributed by atoms with E-state index in [4.69, 9.17) is 4.74 Å². The third-order valence-corrected chi connectivity index (χ3v) is 5.74. The molecule has 7 heteroatoms. The Morgan fingerprint density at radius 3 is 2.37 bits per heavy atom. The van der Waals surface area contributed by atoms with Crippen LogP contribution < -0.4 is 9.46 Å². The molecule has 0 aliphatic rings. The lowest BCUT2D eigenvalue weighted by Gasteiger charge is -2.10. The zero-order chi connectivity index (χ0) is 19.3. The smallest absolute Gasteiger partial charge is 0.240 e. The van der Waals surface area contributed by atoms with Crippen molar-refractivity contribution in [2.24, 2.45) is 0 Å². The Hall–Kier alpha value is -2.77. The third-order valence-electron chi connectivity index (χ3n) is 4.11. The van der Waals surface area contributed by atoms with Crippen molar-refractivity contribution in [3.05, 3.63) is 72.1 Å². The molecule has 3 aromatic rings. The third kappa shape index (κ3) is 4.69. The summed E-state index contributed by atoms with van der Waals surface area (Å²) in [5, 5.41) is 0. The van der Waals surface area contributed by atoms with E-state index < -0.39 is 10.0 Å². The quantitative estimate of drug-likeness (QED) is 0.678. The number of hydrogen-bond donors (Lipinski definition) is 1. The van der Waals surface area contributed by atoms with Crippen LogP contribution in [0.3, 0.4) is 0 Å². The van der Waals surface area contributed by atoms with Gasteiger partial charge in [0.2, 0.25) is 10.0 Å². The molecule has 0 unspecified atom stereocenters. The summed E-state index contributed by atoms with van der Waals surface area (Å²) in [6.07, 6.45) is 3.95. The molecule has 0 saturated carbocycles. The number of benzene rings is 2. The highest BCUT2D eigenvalue weighted by Crippen LogP contribution is 2.20. The zero-order valence-electron chi connectivity index (χ0n) is 15.2. The molecule has 140 valence electrons. The molecule has 3 rings (SSSR count). The highest BCUT2D eigenvalue weighted by atomic mass is 32.2. The molecule has 1 aromatic heterocycles. The summed E-state index contributed by atoms with van der Waals surface area (Å²) in [5.41, 5.74) is 2.45. The maximum Gasteiger partial charge on any atom is 0.240 e. The normalized spacial score (nSPS) is 11.3. The molecule has 0 atom stereocenters. The number of nitrogens with zero attached hydrogens (tertiary/aromatic N) is 2. The van der Waals surface area contributed by atoms with E-state index in [0.29, 0.717) is 23.6 Å². The zero-order valence-corrected chi connectivity index (χ0v) is 16.0. The Labute approximate surface area is 159 Å². The van der Waals surface area contributed by atoms with Crippen LogP contribution in [-0.4, -0.2) is 32.0 Å². The summed E-state index contributed by atoms with van der Waals surface area (Å²) in [7, 11) is -2.04. The van der Waals surface area contributed by atoms with E-state index in [9.17, 15) is 8.42 Å². The monoisotopic (exact) mass is 383 g/mol. The van der Waals surface area contributed by atoms with Crippen LogP contribution in [0.2, 0.25) is 0 Å². The van der Waals surface area contributed by atoms with Gasteiger partial charge in [0.05, 0.1) is 12.0 Å². The van der Waals surface area contributed by atoms with Crippen molar-refractivity contribution in [1.29, 1.82) is 0 Å². The molecule has 0 fully saturated rings. The number of aryl methyl sites for hydroxylation is 1. The Bertz CT molecular complexity index is 1000. The first-order chi connectivity index (χ1) is 13.0. The lowest BCUT2D eigenvalue weighted by Crippen LogP contribution is -2.26. The van der Waals surface area contributed by atoms with Gasteiger partial charge in [0, 0.05) is 24.5 Å². The van der Waals surface area contributed by atoms with Crippen LogP contribution in [0.15, 0.2) is 65.8 Å². The van der Waals surface area contributed by atoms with Crippen LogP contribution in [0.5, 0.6) is 5.75 Å². The number of sulfonamides is 1. The van der Waals surface area contributed by atoms with E-state index in [1.165, 1.54) is 0 Å². The summed E-state index contributed by atoms with van der Waals surface area (Å²) >= 11 is 0. The van der Waals surface area contributed by atoms with Crippen LogP contribution in [0.1, 0.15) is 11.1 Å². The van der Waals surface area contributed by atoms with Gasteiger partial charge in [-0.2, -0.15) is 0 Å². The topological polar surface area (TPSA) is 81.2 Å². The van der Waals surface area contributed by atoms with Gasteiger partial charge in [-0.25, -0.2) is 23.1 Å². The molecule has 1 N–H and O–H groups in total. The minimum absolute atomic E-state index is 0.249. The lowest BCUT2D eigenvalue weighted by molar-refractivity contribution is 0.414. The fourth-order valence-electron chi connectivity index (χ4n) is 2.68. The molecular formula is C20H21N3O3S. The molecule has 0 radical (unpaired) electrons. The van der Waals surface area contributed by atoms with Gasteiger partial charge in [0.25, 0.3) is 0 Å². The van der Waals surface area contributed by atoms with E-state index in [1.807, 2.05) is 30.3 Å². The van der Waals surface area contributed by atoms with Crippen molar-refractivity contribution in [1.82, 2.24) is 14.7 Å². The fraction of sp³-hybridized carbons (Fsp3) is 0.200. The van der Waals surface area contributed by atoms with Crippen molar-refractivity contribution >= 4 is 10.0 Å². The molecule has 0 amide bonds. The number of aromatic nitrogens is 2. The molecule has 6 nitrogen and oxygen atoms in total. The van der Waals surface area contributed by atoms with Crippen molar-refractivity contribution in [2.75, 3.05) is 13.7 Å². The minimum Gasteiger partial charge on any atom is -0.497 e. The second-order valence-corrected chi connectivity index (χ2v) is 7.80. The van der Waals surface area contributed by atoms with Gasteiger partial charge in [0.15, 0.2) is 5.82 Å². The van der Waals surface area contributed by atoms with E-state index in [-0.39, 0.29) is 11.4 Å².